The number of aromatic nitrogens is 2. The Labute approximate surface area is 154 Å². The molecule has 25 heavy (non-hydrogen) atoms. The standard InChI is InChI=1S/C18H29N5OS/c1-5-19-18(21-12-14(4)11-15-7-6-10-25-15)20-9-8-16-22-17(13(2)3)23-24-16/h6-7,10,13-14H,5,8-9,11-12H2,1-4H3,(H2,19,20,21). The summed E-state index contributed by atoms with van der Waals surface area (Å²) in [5.41, 5.74) is 0. The lowest BCUT2D eigenvalue weighted by Crippen LogP contribution is -2.38. The van der Waals surface area contributed by atoms with E-state index in [0.717, 1.165) is 31.3 Å². The van der Waals surface area contributed by atoms with Crippen molar-refractivity contribution in [2.75, 3.05) is 19.6 Å². The normalized spacial score (nSPS) is 13.2. The van der Waals surface area contributed by atoms with E-state index in [2.05, 4.69) is 66.0 Å². The quantitative estimate of drug-likeness (QED) is 0.528. The fourth-order valence-corrected chi connectivity index (χ4v) is 3.19. The van der Waals surface area contributed by atoms with Gasteiger partial charge in [-0.15, -0.1) is 11.3 Å². The molecular weight excluding hydrogens is 334 g/mol. The number of hydrogen-bond acceptors (Lipinski definition) is 5. The van der Waals surface area contributed by atoms with Gasteiger partial charge in [-0.3, -0.25) is 4.99 Å². The zero-order valence-electron chi connectivity index (χ0n) is 15.6. The van der Waals surface area contributed by atoms with Crippen LogP contribution >= 0.6 is 11.3 Å². The highest BCUT2D eigenvalue weighted by atomic mass is 32.1. The van der Waals surface area contributed by atoms with Gasteiger partial charge in [0.25, 0.3) is 0 Å². The van der Waals surface area contributed by atoms with Crippen LogP contribution in [-0.2, 0) is 12.8 Å². The molecule has 6 nitrogen and oxygen atoms in total. The Balaban J connectivity index is 1.78. The maximum Gasteiger partial charge on any atom is 0.228 e. The Morgan fingerprint density at radius 3 is 2.80 bits per heavy atom. The number of hydrogen-bond donors (Lipinski definition) is 2. The monoisotopic (exact) mass is 363 g/mol. The van der Waals surface area contributed by atoms with Crippen molar-refractivity contribution < 1.29 is 4.52 Å². The highest BCUT2D eigenvalue weighted by molar-refractivity contribution is 7.09. The summed E-state index contributed by atoms with van der Waals surface area (Å²) in [6.07, 6.45) is 1.76. The summed E-state index contributed by atoms with van der Waals surface area (Å²) in [5, 5.41) is 12.7. The van der Waals surface area contributed by atoms with E-state index in [4.69, 9.17) is 9.52 Å². The molecule has 138 valence electrons. The van der Waals surface area contributed by atoms with Crippen LogP contribution in [0.4, 0.5) is 0 Å². The summed E-state index contributed by atoms with van der Waals surface area (Å²) in [6.45, 7) is 10.8. The van der Waals surface area contributed by atoms with E-state index in [-0.39, 0.29) is 5.92 Å². The third-order valence-electron chi connectivity index (χ3n) is 3.67. The van der Waals surface area contributed by atoms with Crippen LogP contribution in [-0.4, -0.2) is 35.7 Å². The van der Waals surface area contributed by atoms with Gasteiger partial charge in [0.15, 0.2) is 11.8 Å². The second-order valence-electron chi connectivity index (χ2n) is 6.49. The number of nitrogens with zero attached hydrogens (tertiary/aromatic N) is 3. The van der Waals surface area contributed by atoms with Gasteiger partial charge in [0, 0.05) is 36.9 Å². The fraction of sp³-hybridized carbons (Fsp3) is 0.611. The minimum Gasteiger partial charge on any atom is -0.357 e. The Morgan fingerprint density at radius 2 is 2.16 bits per heavy atom. The highest BCUT2D eigenvalue weighted by Crippen LogP contribution is 2.14. The number of rotatable bonds is 9. The Kier molecular flexibility index (Phi) is 7.91. The predicted molar refractivity (Wildman–Crippen MR) is 103 cm³/mol. The minimum absolute atomic E-state index is 0.286. The van der Waals surface area contributed by atoms with Gasteiger partial charge in [0.05, 0.1) is 0 Å². The summed E-state index contributed by atoms with van der Waals surface area (Å²) in [5.74, 6) is 3.06. The first kappa shape index (κ1) is 19.4. The first-order valence-corrected chi connectivity index (χ1v) is 9.83. The Morgan fingerprint density at radius 1 is 1.32 bits per heavy atom. The summed E-state index contributed by atoms with van der Waals surface area (Å²) in [7, 11) is 0. The average molecular weight is 364 g/mol. The molecule has 0 bridgehead atoms. The molecule has 0 aliphatic carbocycles. The van der Waals surface area contributed by atoms with Gasteiger partial charge in [-0.1, -0.05) is 32.0 Å². The van der Waals surface area contributed by atoms with Gasteiger partial charge >= 0.3 is 0 Å². The third kappa shape index (κ3) is 6.86. The zero-order valence-corrected chi connectivity index (χ0v) is 16.4. The average Bonchev–Trinajstić information content (AvgIpc) is 3.24. The summed E-state index contributed by atoms with van der Waals surface area (Å²) in [4.78, 5) is 10.5. The SMILES string of the molecule is CCNC(=NCC(C)Cc1cccs1)NCCc1nc(C(C)C)no1. The van der Waals surface area contributed by atoms with Crippen molar-refractivity contribution >= 4 is 17.3 Å². The molecule has 7 heteroatoms. The van der Waals surface area contributed by atoms with Crippen molar-refractivity contribution in [2.24, 2.45) is 10.9 Å². The highest BCUT2D eigenvalue weighted by Gasteiger charge is 2.10. The first-order valence-electron chi connectivity index (χ1n) is 8.95. The van der Waals surface area contributed by atoms with Crippen LogP contribution in [0.25, 0.3) is 0 Å². The fourth-order valence-electron chi connectivity index (χ4n) is 2.32. The molecule has 0 radical (unpaired) electrons. The van der Waals surface area contributed by atoms with Crippen molar-refractivity contribution in [1.82, 2.24) is 20.8 Å². The summed E-state index contributed by atoms with van der Waals surface area (Å²) >= 11 is 1.81. The van der Waals surface area contributed by atoms with Gasteiger partial charge in [-0.05, 0) is 30.7 Å². The molecule has 0 spiro atoms. The molecule has 2 aromatic heterocycles. The van der Waals surface area contributed by atoms with E-state index in [1.165, 1.54) is 4.88 Å². The van der Waals surface area contributed by atoms with Gasteiger partial charge in [0.1, 0.15) is 0 Å². The Hall–Kier alpha value is -1.89. The molecule has 0 aromatic carbocycles. The molecule has 1 atom stereocenters. The molecule has 0 saturated carbocycles. The Bertz CT molecular complexity index is 636. The number of aliphatic imine (C=N–C) groups is 1. The van der Waals surface area contributed by atoms with Gasteiger partial charge < -0.3 is 15.2 Å². The lowest BCUT2D eigenvalue weighted by molar-refractivity contribution is 0.371. The largest absolute Gasteiger partial charge is 0.357 e. The lowest BCUT2D eigenvalue weighted by Gasteiger charge is -2.12. The van der Waals surface area contributed by atoms with Crippen molar-refractivity contribution in [2.45, 2.75) is 46.5 Å². The van der Waals surface area contributed by atoms with Crippen LogP contribution in [0.5, 0.6) is 0 Å². The predicted octanol–water partition coefficient (Wildman–Crippen LogP) is 3.23. The topological polar surface area (TPSA) is 75.3 Å². The van der Waals surface area contributed by atoms with Crippen LogP contribution < -0.4 is 10.6 Å². The van der Waals surface area contributed by atoms with Crippen molar-refractivity contribution in [1.29, 1.82) is 0 Å². The first-order chi connectivity index (χ1) is 12.1. The van der Waals surface area contributed by atoms with Crippen molar-refractivity contribution in [3.05, 3.63) is 34.1 Å². The lowest BCUT2D eigenvalue weighted by atomic mass is 10.1. The van der Waals surface area contributed by atoms with Crippen LogP contribution in [0.1, 0.15) is 50.2 Å². The molecule has 2 N–H and O–H groups in total. The molecule has 0 aliphatic heterocycles. The number of nitrogens with one attached hydrogen (secondary N) is 2. The molecule has 2 aromatic rings. The second-order valence-corrected chi connectivity index (χ2v) is 7.52. The van der Waals surface area contributed by atoms with E-state index < -0.39 is 0 Å². The smallest absolute Gasteiger partial charge is 0.228 e. The van der Waals surface area contributed by atoms with E-state index in [0.29, 0.717) is 24.8 Å². The van der Waals surface area contributed by atoms with Gasteiger partial charge in [-0.2, -0.15) is 4.98 Å². The van der Waals surface area contributed by atoms with Gasteiger partial charge in [0.2, 0.25) is 5.89 Å². The second kappa shape index (κ2) is 10.2. The number of guanidine groups is 1. The van der Waals surface area contributed by atoms with E-state index >= 15 is 0 Å². The maximum absolute atomic E-state index is 5.26. The molecule has 2 rings (SSSR count). The van der Waals surface area contributed by atoms with Crippen LogP contribution in [0, 0.1) is 5.92 Å². The summed E-state index contributed by atoms with van der Waals surface area (Å²) < 4.78 is 5.26. The zero-order chi connectivity index (χ0) is 18.1. The van der Waals surface area contributed by atoms with E-state index in [1.807, 2.05) is 11.3 Å². The maximum atomic E-state index is 5.26. The number of thiophene rings is 1. The molecule has 0 fully saturated rings. The van der Waals surface area contributed by atoms with Gasteiger partial charge in [-0.25, -0.2) is 0 Å². The minimum atomic E-state index is 0.286. The van der Waals surface area contributed by atoms with E-state index in [9.17, 15) is 0 Å². The van der Waals surface area contributed by atoms with Crippen LogP contribution in [0.2, 0.25) is 0 Å². The molecule has 1 unspecified atom stereocenters. The molecule has 0 aliphatic rings. The summed E-state index contributed by atoms with van der Waals surface area (Å²) in [6, 6.07) is 4.29. The molecule has 0 saturated heterocycles. The van der Waals surface area contributed by atoms with Crippen LogP contribution in [0.15, 0.2) is 27.0 Å². The molecule has 0 amide bonds. The molecule has 2 heterocycles. The van der Waals surface area contributed by atoms with Crippen molar-refractivity contribution in [3.8, 4) is 0 Å². The third-order valence-corrected chi connectivity index (χ3v) is 4.57. The van der Waals surface area contributed by atoms with E-state index in [1.54, 1.807) is 0 Å². The van der Waals surface area contributed by atoms with Crippen LogP contribution in [0.3, 0.4) is 0 Å². The van der Waals surface area contributed by atoms with Crippen molar-refractivity contribution in [3.63, 3.8) is 0 Å². The molecular formula is C18H29N5OS.